The first-order valence-electron chi connectivity index (χ1n) is 6.04. The summed E-state index contributed by atoms with van der Waals surface area (Å²) in [5, 5.41) is 2.85. The Morgan fingerprint density at radius 1 is 1.37 bits per heavy atom. The lowest BCUT2D eigenvalue weighted by atomic mass is 10.2. The summed E-state index contributed by atoms with van der Waals surface area (Å²) in [7, 11) is 0. The van der Waals surface area contributed by atoms with E-state index in [0.29, 0.717) is 18.2 Å². The molecule has 6 heteroatoms. The van der Waals surface area contributed by atoms with Gasteiger partial charge in [0.1, 0.15) is 5.82 Å². The zero-order chi connectivity index (χ0) is 14.3. The third-order valence-electron chi connectivity index (χ3n) is 2.31. The minimum Gasteiger partial charge on any atom is -0.351 e. The number of carbonyl (C=O) groups excluding carboxylic acids is 1. The van der Waals surface area contributed by atoms with E-state index in [1.165, 1.54) is 12.1 Å². The van der Waals surface area contributed by atoms with Gasteiger partial charge in [0.05, 0.1) is 12.1 Å². The fraction of sp³-hybridized carbons (Fsp3) is 0.462. The van der Waals surface area contributed by atoms with Crippen LogP contribution in [0, 0.1) is 5.82 Å². The highest BCUT2D eigenvalue weighted by atomic mass is 35.5. The van der Waals surface area contributed by atoms with Crippen molar-refractivity contribution in [1.82, 2.24) is 5.32 Å². The molecule has 0 saturated carbocycles. The van der Waals surface area contributed by atoms with E-state index in [9.17, 15) is 9.18 Å². The fourth-order valence-corrected chi connectivity index (χ4v) is 1.65. The van der Waals surface area contributed by atoms with E-state index in [-0.39, 0.29) is 12.1 Å². The first kappa shape index (κ1) is 15.9. The second kappa shape index (κ2) is 8.09. The first-order chi connectivity index (χ1) is 9.08. The van der Waals surface area contributed by atoms with E-state index in [1.54, 1.807) is 0 Å². The van der Waals surface area contributed by atoms with Gasteiger partial charge in [0.15, 0.2) is 6.29 Å². The zero-order valence-corrected chi connectivity index (χ0v) is 11.7. The van der Waals surface area contributed by atoms with Crippen LogP contribution < -0.4 is 5.32 Å². The largest absolute Gasteiger partial charge is 0.351 e. The van der Waals surface area contributed by atoms with Gasteiger partial charge in [-0.05, 0) is 32.0 Å². The summed E-state index contributed by atoms with van der Waals surface area (Å²) in [6.07, 6.45) is -0.541. The number of nitrogens with one attached hydrogen (secondary N) is 1. The van der Waals surface area contributed by atoms with Gasteiger partial charge in [0, 0.05) is 18.2 Å². The van der Waals surface area contributed by atoms with Crippen LogP contribution in [0.4, 0.5) is 4.39 Å². The van der Waals surface area contributed by atoms with Crippen LogP contribution in [0.25, 0.3) is 0 Å². The maximum absolute atomic E-state index is 13.5. The van der Waals surface area contributed by atoms with E-state index in [4.69, 9.17) is 21.1 Å². The average Bonchev–Trinajstić information content (AvgIpc) is 2.39. The molecule has 0 radical (unpaired) electrons. The van der Waals surface area contributed by atoms with E-state index >= 15 is 0 Å². The molecule has 0 heterocycles. The van der Waals surface area contributed by atoms with Crippen LogP contribution >= 0.6 is 11.6 Å². The molecular formula is C13H17ClFNO3. The van der Waals surface area contributed by atoms with Crippen LogP contribution in [0.2, 0.25) is 5.02 Å². The highest BCUT2D eigenvalue weighted by molar-refractivity contribution is 6.30. The quantitative estimate of drug-likeness (QED) is 0.785. The monoisotopic (exact) mass is 289 g/mol. The number of hydrogen-bond acceptors (Lipinski definition) is 3. The van der Waals surface area contributed by atoms with Crippen molar-refractivity contribution >= 4 is 17.5 Å². The summed E-state index contributed by atoms with van der Waals surface area (Å²) in [5.74, 6) is -1.17. The van der Waals surface area contributed by atoms with Gasteiger partial charge < -0.3 is 14.8 Å². The molecule has 0 aliphatic rings. The van der Waals surface area contributed by atoms with Crippen LogP contribution in [0.5, 0.6) is 0 Å². The Balaban J connectivity index is 2.61. The van der Waals surface area contributed by atoms with Crippen molar-refractivity contribution in [3.8, 4) is 0 Å². The molecule has 106 valence electrons. The molecule has 0 spiro atoms. The van der Waals surface area contributed by atoms with Crippen molar-refractivity contribution in [3.05, 3.63) is 34.6 Å². The molecule has 1 N–H and O–H groups in total. The van der Waals surface area contributed by atoms with Gasteiger partial charge in [-0.2, -0.15) is 0 Å². The normalized spacial score (nSPS) is 10.8. The molecule has 0 fully saturated rings. The molecule has 1 aromatic carbocycles. The van der Waals surface area contributed by atoms with Gasteiger partial charge in [-0.25, -0.2) is 4.39 Å². The topological polar surface area (TPSA) is 47.6 Å². The predicted octanol–water partition coefficient (Wildman–Crippen LogP) is 2.61. The summed E-state index contributed by atoms with van der Waals surface area (Å²) in [6.45, 7) is 4.72. The van der Waals surface area contributed by atoms with Crippen LogP contribution in [-0.2, 0) is 9.47 Å². The third-order valence-corrected chi connectivity index (χ3v) is 2.54. The lowest BCUT2D eigenvalue weighted by Crippen LogP contribution is -2.35. The molecule has 0 aliphatic carbocycles. The smallest absolute Gasteiger partial charge is 0.254 e. The summed E-state index contributed by atoms with van der Waals surface area (Å²) in [6, 6.07) is 3.82. The number of carbonyl (C=O) groups is 1. The van der Waals surface area contributed by atoms with E-state index in [0.717, 1.165) is 6.07 Å². The van der Waals surface area contributed by atoms with Gasteiger partial charge in [0.2, 0.25) is 0 Å². The Hall–Kier alpha value is -1.17. The van der Waals surface area contributed by atoms with Crippen LogP contribution in [0.1, 0.15) is 24.2 Å². The summed E-state index contributed by atoms with van der Waals surface area (Å²) in [4.78, 5) is 11.8. The summed E-state index contributed by atoms with van der Waals surface area (Å²) in [5.41, 5.74) is -0.0979. The molecule has 0 unspecified atom stereocenters. The number of ether oxygens (including phenoxy) is 2. The molecule has 0 bridgehead atoms. The molecule has 1 amide bonds. The second-order valence-electron chi connectivity index (χ2n) is 3.67. The average molecular weight is 290 g/mol. The standard InChI is InChI=1S/C13H17ClFNO3/c1-3-18-12(19-4-2)8-16-13(17)10-7-9(14)5-6-11(10)15/h5-7,12H,3-4,8H2,1-2H3,(H,16,17). The maximum atomic E-state index is 13.5. The van der Waals surface area contributed by atoms with Gasteiger partial charge in [-0.3, -0.25) is 4.79 Å². The third kappa shape index (κ3) is 5.14. The highest BCUT2D eigenvalue weighted by Gasteiger charge is 2.15. The van der Waals surface area contributed by atoms with E-state index < -0.39 is 18.0 Å². The van der Waals surface area contributed by atoms with Crippen molar-refractivity contribution in [2.45, 2.75) is 20.1 Å². The Morgan fingerprint density at radius 3 is 2.58 bits per heavy atom. The van der Waals surface area contributed by atoms with Gasteiger partial charge >= 0.3 is 0 Å². The zero-order valence-electron chi connectivity index (χ0n) is 10.9. The van der Waals surface area contributed by atoms with Crippen molar-refractivity contribution in [2.75, 3.05) is 19.8 Å². The molecule has 0 aromatic heterocycles. The van der Waals surface area contributed by atoms with Crippen LogP contribution in [0.3, 0.4) is 0 Å². The van der Waals surface area contributed by atoms with Gasteiger partial charge in [-0.15, -0.1) is 0 Å². The van der Waals surface area contributed by atoms with Crippen LogP contribution in [0.15, 0.2) is 18.2 Å². The van der Waals surface area contributed by atoms with Crippen molar-refractivity contribution in [3.63, 3.8) is 0 Å². The first-order valence-corrected chi connectivity index (χ1v) is 6.42. The maximum Gasteiger partial charge on any atom is 0.254 e. The fourth-order valence-electron chi connectivity index (χ4n) is 1.48. The van der Waals surface area contributed by atoms with Gasteiger partial charge in [0.25, 0.3) is 5.91 Å². The Labute approximate surface area is 116 Å². The predicted molar refractivity (Wildman–Crippen MR) is 70.8 cm³/mol. The van der Waals surface area contributed by atoms with Crippen molar-refractivity contribution in [1.29, 1.82) is 0 Å². The molecule has 1 aromatic rings. The second-order valence-corrected chi connectivity index (χ2v) is 4.11. The SMILES string of the molecule is CCOC(CNC(=O)c1cc(Cl)ccc1F)OCC. The van der Waals surface area contributed by atoms with Crippen molar-refractivity contribution < 1.29 is 18.7 Å². The Bertz CT molecular complexity index is 422. The Kier molecular flexibility index (Phi) is 6.77. The molecule has 19 heavy (non-hydrogen) atoms. The molecule has 4 nitrogen and oxygen atoms in total. The molecule has 0 atom stereocenters. The minimum atomic E-state index is -0.619. The minimum absolute atomic E-state index is 0.0979. The number of amides is 1. The lowest BCUT2D eigenvalue weighted by Gasteiger charge is -2.17. The van der Waals surface area contributed by atoms with Crippen LogP contribution in [-0.4, -0.2) is 32.0 Å². The Morgan fingerprint density at radius 2 is 2.00 bits per heavy atom. The molecule has 1 rings (SSSR count). The number of benzene rings is 1. The molecular weight excluding hydrogens is 273 g/mol. The molecule has 0 saturated heterocycles. The summed E-state index contributed by atoms with van der Waals surface area (Å²) < 4.78 is 24.0. The number of halogens is 2. The van der Waals surface area contributed by atoms with E-state index in [1.807, 2.05) is 13.8 Å². The van der Waals surface area contributed by atoms with E-state index in [2.05, 4.69) is 5.32 Å². The number of rotatable bonds is 7. The lowest BCUT2D eigenvalue weighted by molar-refractivity contribution is -0.131. The summed E-state index contributed by atoms with van der Waals surface area (Å²) >= 11 is 5.73. The van der Waals surface area contributed by atoms with Crippen molar-refractivity contribution in [2.24, 2.45) is 0 Å². The highest BCUT2D eigenvalue weighted by Crippen LogP contribution is 2.14. The molecule has 0 aliphatic heterocycles. The van der Waals surface area contributed by atoms with Gasteiger partial charge in [-0.1, -0.05) is 11.6 Å². The number of hydrogen-bond donors (Lipinski definition) is 1.